The van der Waals surface area contributed by atoms with Gasteiger partial charge < -0.3 is 20.6 Å². The Morgan fingerprint density at radius 2 is 1.76 bits per heavy atom. The van der Waals surface area contributed by atoms with E-state index in [9.17, 15) is 9.90 Å². The second kappa shape index (κ2) is 9.20. The summed E-state index contributed by atoms with van der Waals surface area (Å²) in [5.41, 5.74) is 0. The summed E-state index contributed by atoms with van der Waals surface area (Å²) in [4.78, 5) is 14.4. The Hall–Kier alpha value is -1.60. The Balaban J connectivity index is 1.32. The van der Waals surface area contributed by atoms with Gasteiger partial charge in [0.15, 0.2) is 0 Å². The molecule has 1 atom stereocenters. The van der Waals surface area contributed by atoms with Gasteiger partial charge in [-0.15, -0.1) is 0 Å². The van der Waals surface area contributed by atoms with Crippen LogP contribution in [0.15, 0.2) is 18.5 Å². The molecule has 1 aromatic heterocycles. The highest BCUT2D eigenvalue weighted by atomic mass is 16.3. The summed E-state index contributed by atoms with van der Waals surface area (Å²) in [6.07, 6.45) is 11.0. The van der Waals surface area contributed by atoms with E-state index in [1.807, 2.05) is 12.3 Å². The number of aliphatic hydroxyl groups excluding tert-OH is 1. The number of aromatic nitrogens is 2. The largest absolute Gasteiger partial charge is 0.390 e. The minimum absolute atomic E-state index is 0.0101. The third kappa shape index (κ3) is 6.01. The van der Waals surface area contributed by atoms with Crippen molar-refractivity contribution in [2.24, 2.45) is 0 Å². The number of amides is 2. The maximum absolute atomic E-state index is 12.1. The molecule has 0 aromatic carbocycles. The predicted molar refractivity (Wildman–Crippen MR) is 96.2 cm³/mol. The van der Waals surface area contributed by atoms with Crippen molar-refractivity contribution in [1.29, 1.82) is 0 Å². The predicted octanol–water partition coefficient (Wildman–Crippen LogP) is 1.34. The number of rotatable bonds is 6. The molecule has 1 aliphatic heterocycles. The minimum atomic E-state index is -0.418. The third-order valence-electron chi connectivity index (χ3n) is 5.29. The molecule has 2 heterocycles. The molecule has 1 aromatic rings. The highest BCUT2D eigenvalue weighted by Gasteiger charge is 2.23. The Labute approximate surface area is 149 Å². The molecule has 7 nitrogen and oxygen atoms in total. The monoisotopic (exact) mass is 349 g/mol. The number of hydrogen-bond donors (Lipinski definition) is 3. The Morgan fingerprint density at radius 1 is 1.08 bits per heavy atom. The lowest BCUT2D eigenvalue weighted by atomic mass is 9.96. The van der Waals surface area contributed by atoms with Crippen molar-refractivity contribution in [3.05, 3.63) is 18.5 Å². The molecule has 1 saturated heterocycles. The summed E-state index contributed by atoms with van der Waals surface area (Å²) < 4.78 is 1.76. The fourth-order valence-corrected chi connectivity index (χ4v) is 3.90. The van der Waals surface area contributed by atoms with Gasteiger partial charge in [-0.3, -0.25) is 4.68 Å². The van der Waals surface area contributed by atoms with Crippen molar-refractivity contribution in [1.82, 2.24) is 25.3 Å². The van der Waals surface area contributed by atoms with Gasteiger partial charge in [0.05, 0.1) is 12.6 Å². The van der Waals surface area contributed by atoms with Crippen LogP contribution in [0.3, 0.4) is 0 Å². The molecule has 0 spiro atoms. The zero-order chi connectivity index (χ0) is 17.5. The van der Waals surface area contributed by atoms with Crippen molar-refractivity contribution < 1.29 is 9.90 Å². The number of piperidine rings is 1. The molecule has 25 heavy (non-hydrogen) atoms. The SMILES string of the molecule is O=C(NC1CCCCC1)NC1CCN(C[C@@H](O)Cn2cccn2)CC1. The molecule has 140 valence electrons. The van der Waals surface area contributed by atoms with E-state index in [-0.39, 0.29) is 12.1 Å². The first kappa shape index (κ1) is 18.2. The first-order valence-electron chi connectivity index (χ1n) is 9.64. The Bertz CT molecular complexity index is 508. The van der Waals surface area contributed by atoms with E-state index in [1.54, 1.807) is 10.9 Å². The quantitative estimate of drug-likeness (QED) is 0.724. The molecule has 1 saturated carbocycles. The molecule has 0 bridgehead atoms. The van der Waals surface area contributed by atoms with Gasteiger partial charge >= 0.3 is 6.03 Å². The molecule has 7 heteroatoms. The van der Waals surface area contributed by atoms with E-state index < -0.39 is 6.10 Å². The highest BCUT2D eigenvalue weighted by Crippen LogP contribution is 2.17. The van der Waals surface area contributed by atoms with E-state index in [4.69, 9.17) is 0 Å². The fraction of sp³-hybridized carbons (Fsp3) is 0.778. The maximum Gasteiger partial charge on any atom is 0.315 e. The van der Waals surface area contributed by atoms with E-state index in [0.717, 1.165) is 38.8 Å². The molecule has 2 fully saturated rings. The van der Waals surface area contributed by atoms with Crippen molar-refractivity contribution in [2.75, 3.05) is 19.6 Å². The molecule has 0 radical (unpaired) electrons. The molecule has 2 amide bonds. The summed E-state index contributed by atoms with van der Waals surface area (Å²) >= 11 is 0. The van der Waals surface area contributed by atoms with Gasteiger partial charge in [0, 0.05) is 44.1 Å². The van der Waals surface area contributed by atoms with Crippen LogP contribution in [-0.4, -0.2) is 63.6 Å². The first-order valence-corrected chi connectivity index (χ1v) is 9.64. The number of carbonyl (C=O) groups excluding carboxylic acids is 1. The standard InChI is InChI=1S/C18H31N5O2/c24-17(14-23-10-4-9-19-23)13-22-11-7-16(8-12-22)21-18(25)20-15-5-2-1-3-6-15/h4,9-10,15-17,24H,1-3,5-8,11-14H2,(H2,20,21,25)/t17-/m1/s1. The molecular formula is C18H31N5O2. The Kier molecular flexibility index (Phi) is 6.69. The molecular weight excluding hydrogens is 318 g/mol. The van der Waals surface area contributed by atoms with Crippen LogP contribution in [0.2, 0.25) is 0 Å². The van der Waals surface area contributed by atoms with Crippen molar-refractivity contribution in [2.45, 2.75) is 69.7 Å². The van der Waals surface area contributed by atoms with Crippen molar-refractivity contribution in [3.63, 3.8) is 0 Å². The van der Waals surface area contributed by atoms with Gasteiger partial charge in [-0.05, 0) is 31.7 Å². The lowest BCUT2D eigenvalue weighted by Crippen LogP contribution is -2.51. The van der Waals surface area contributed by atoms with Crippen LogP contribution in [0.1, 0.15) is 44.9 Å². The van der Waals surface area contributed by atoms with E-state index in [1.165, 1.54) is 19.3 Å². The molecule has 1 aliphatic carbocycles. The zero-order valence-corrected chi connectivity index (χ0v) is 14.9. The van der Waals surface area contributed by atoms with E-state index >= 15 is 0 Å². The molecule has 3 rings (SSSR count). The average molecular weight is 349 g/mol. The average Bonchev–Trinajstić information content (AvgIpc) is 3.10. The third-order valence-corrected chi connectivity index (χ3v) is 5.29. The number of carbonyl (C=O) groups is 1. The minimum Gasteiger partial charge on any atom is -0.390 e. The topological polar surface area (TPSA) is 82.4 Å². The lowest BCUT2D eigenvalue weighted by molar-refractivity contribution is 0.0804. The molecule has 3 N–H and O–H groups in total. The van der Waals surface area contributed by atoms with E-state index in [2.05, 4.69) is 20.6 Å². The highest BCUT2D eigenvalue weighted by molar-refractivity contribution is 5.74. The second-order valence-electron chi connectivity index (χ2n) is 7.41. The molecule has 0 unspecified atom stereocenters. The van der Waals surface area contributed by atoms with Crippen LogP contribution in [0.4, 0.5) is 4.79 Å². The van der Waals surface area contributed by atoms with Gasteiger partial charge in [-0.1, -0.05) is 19.3 Å². The number of hydrogen-bond acceptors (Lipinski definition) is 4. The summed E-state index contributed by atoms with van der Waals surface area (Å²) in [5.74, 6) is 0. The van der Waals surface area contributed by atoms with Crippen LogP contribution < -0.4 is 10.6 Å². The second-order valence-corrected chi connectivity index (χ2v) is 7.41. The number of likely N-dealkylation sites (tertiary alicyclic amines) is 1. The van der Waals surface area contributed by atoms with Crippen LogP contribution >= 0.6 is 0 Å². The number of urea groups is 1. The zero-order valence-electron chi connectivity index (χ0n) is 14.9. The summed E-state index contributed by atoms with van der Waals surface area (Å²) in [6.45, 7) is 2.99. The van der Waals surface area contributed by atoms with Gasteiger partial charge in [-0.25, -0.2) is 4.79 Å². The van der Waals surface area contributed by atoms with Gasteiger partial charge in [-0.2, -0.15) is 5.10 Å². The number of β-amino-alcohol motifs (C(OH)–C–C–N with tert-alkyl or cyclic N) is 1. The van der Waals surface area contributed by atoms with Crippen LogP contribution in [-0.2, 0) is 6.54 Å². The number of nitrogens with zero attached hydrogens (tertiary/aromatic N) is 3. The molecule has 2 aliphatic rings. The van der Waals surface area contributed by atoms with Crippen molar-refractivity contribution >= 4 is 6.03 Å². The van der Waals surface area contributed by atoms with Crippen LogP contribution in [0.25, 0.3) is 0 Å². The van der Waals surface area contributed by atoms with Crippen molar-refractivity contribution in [3.8, 4) is 0 Å². The Morgan fingerprint density at radius 3 is 2.40 bits per heavy atom. The summed E-state index contributed by atoms with van der Waals surface area (Å²) in [6, 6.07) is 2.45. The van der Waals surface area contributed by atoms with Gasteiger partial charge in [0.25, 0.3) is 0 Å². The number of nitrogens with one attached hydrogen (secondary N) is 2. The number of aliphatic hydroxyl groups is 1. The smallest absolute Gasteiger partial charge is 0.315 e. The fourth-order valence-electron chi connectivity index (χ4n) is 3.90. The van der Waals surface area contributed by atoms with Gasteiger partial charge in [0.2, 0.25) is 0 Å². The normalized spacial score (nSPS) is 21.8. The summed E-state index contributed by atoms with van der Waals surface area (Å²) in [5, 5.41) is 20.6. The first-order chi connectivity index (χ1) is 12.2. The van der Waals surface area contributed by atoms with Crippen LogP contribution in [0, 0.1) is 0 Å². The van der Waals surface area contributed by atoms with Crippen LogP contribution in [0.5, 0.6) is 0 Å². The maximum atomic E-state index is 12.1. The van der Waals surface area contributed by atoms with Gasteiger partial charge in [0.1, 0.15) is 0 Å². The van der Waals surface area contributed by atoms with E-state index in [0.29, 0.717) is 19.1 Å². The summed E-state index contributed by atoms with van der Waals surface area (Å²) in [7, 11) is 0. The lowest BCUT2D eigenvalue weighted by Gasteiger charge is -2.34.